The molecule has 0 unspecified atom stereocenters. The minimum atomic E-state index is 0.379. The highest BCUT2D eigenvalue weighted by Crippen LogP contribution is 2.31. The number of hydrogen-bond donors (Lipinski definition) is 0. The summed E-state index contributed by atoms with van der Waals surface area (Å²) >= 11 is 0. The second-order valence-corrected chi connectivity index (χ2v) is 5.59. The smallest absolute Gasteiger partial charge is 0.226 e. The first-order valence-corrected chi connectivity index (χ1v) is 7.83. The third-order valence-corrected chi connectivity index (χ3v) is 3.99. The fraction of sp³-hybridized carbons (Fsp3) is 0.562. The Labute approximate surface area is 125 Å². The van der Waals surface area contributed by atoms with E-state index in [4.69, 9.17) is 4.52 Å². The maximum absolute atomic E-state index is 5.31. The normalized spacial score (nSPS) is 19.2. The topological polar surface area (TPSA) is 55.1 Å². The van der Waals surface area contributed by atoms with Crippen LogP contribution in [-0.2, 0) is 13.0 Å². The third kappa shape index (κ3) is 3.47. The molecule has 3 heterocycles. The molecule has 0 N–H and O–H groups in total. The van der Waals surface area contributed by atoms with Crippen LogP contribution in [-0.4, -0.2) is 26.6 Å². The van der Waals surface area contributed by atoms with Gasteiger partial charge in [0.15, 0.2) is 5.82 Å². The third-order valence-electron chi connectivity index (χ3n) is 3.99. The molecule has 0 bridgehead atoms. The quantitative estimate of drug-likeness (QED) is 0.816. The predicted molar refractivity (Wildman–Crippen MR) is 79.5 cm³/mol. The molecule has 1 saturated heterocycles. The van der Waals surface area contributed by atoms with Crippen LogP contribution < -0.4 is 0 Å². The molecule has 2 aromatic rings. The Morgan fingerprint density at radius 1 is 1.38 bits per heavy atom. The van der Waals surface area contributed by atoms with Gasteiger partial charge in [-0.15, -0.1) is 0 Å². The lowest BCUT2D eigenvalue weighted by Crippen LogP contribution is -2.24. The molecule has 21 heavy (non-hydrogen) atoms. The summed E-state index contributed by atoms with van der Waals surface area (Å²) in [4.78, 5) is 11.4. The fourth-order valence-corrected chi connectivity index (χ4v) is 2.89. The van der Waals surface area contributed by atoms with Gasteiger partial charge in [-0.25, -0.2) is 0 Å². The van der Waals surface area contributed by atoms with Gasteiger partial charge in [0.05, 0.1) is 18.3 Å². The van der Waals surface area contributed by atoms with Gasteiger partial charge in [0, 0.05) is 12.6 Å². The summed E-state index contributed by atoms with van der Waals surface area (Å²) in [5, 5.41) is 4.11. The molecule has 0 aliphatic carbocycles. The van der Waals surface area contributed by atoms with Crippen molar-refractivity contribution in [2.75, 3.05) is 6.54 Å². The van der Waals surface area contributed by atoms with Crippen LogP contribution in [0.5, 0.6) is 0 Å². The number of rotatable bonds is 6. The second-order valence-electron chi connectivity index (χ2n) is 5.59. The minimum Gasteiger partial charge on any atom is -0.339 e. The first-order chi connectivity index (χ1) is 10.4. The van der Waals surface area contributed by atoms with E-state index in [1.54, 1.807) is 0 Å². The van der Waals surface area contributed by atoms with Crippen LogP contribution in [0, 0.1) is 0 Å². The van der Waals surface area contributed by atoms with E-state index in [0.717, 1.165) is 56.2 Å². The van der Waals surface area contributed by atoms with Gasteiger partial charge >= 0.3 is 0 Å². The molecular formula is C16H22N4O. The lowest BCUT2D eigenvalue weighted by molar-refractivity contribution is 0.234. The molecule has 2 aromatic heterocycles. The van der Waals surface area contributed by atoms with Crippen LogP contribution in [0.1, 0.15) is 56.1 Å². The summed E-state index contributed by atoms with van der Waals surface area (Å²) in [6.07, 6.45) is 7.34. The summed E-state index contributed by atoms with van der Waals surface area (Å²) in [5.41, 5.74) is 1.14. The van der Waals surface area contributed by atoms with Gasteiger partial charge in [-0.2, -0.15) is 4.98 Å². The van der Waals surface area contributed by atoms with Gasteiger partial charge < -0.3 is 4.52 Å². The Hall–Kier alpha value is -1.75. The zero-order chi connectivity index (χ0) is 14.5. The Bertz CT molecular complexity index is 554. The maximum Gasteiger partial charge on any atom is 0.226 e. The minimum absolute atomic E-state index is 0.379. The summed E-state index contributed by atoms with van der Waals surface area (Å²) in [7, 11) is 0. The van der Waals surface area contributed by atoms with Crippen molar-refractivity contribution in [2.24, 2.45) is 0 Å². The zero-order valence-corrected chi connectivity index (χ0v) is 12.5. The van der Waals surface area contributed by atoms with Gasteiger partial charge in [-0.1, -0.05) is 24.6 Å². The highest BCUT2D eigenvalue weighted by Gasteiger charge is 2.28. The van der Waals surface area contributed by atoms with E-state index in [9.17, 15) is 0 Å². The maximum atomic E-state index is 5.31. The molecular weight excluding hydrogens is 264 g/mol. The molecule has 112 valence electrons. The van der Waals surface area contributed by atoms with Crippen LogP contribution in [0.3, 0.4) is 0 Å². The van der Waals surface area contributed by atoms with Gasteiger partial charge in [0.2, 0.25) is 5.89 Å². The van der Waals surface area contributed by atoms with E-state index < -0.39 is 0 Å². The first kappa shape index (κ1) is 14.2. The molecule has 1 aliphatic rings. The Morgan fingerprint density at radius 3 is 3.14 bits per heavy atom. The van der Waals surface area contributed by atoms with Crippen LogP contribution in [0.2, 0.25) is 0 Å². The van der Waals surface area contributed by atoms with E-state index in [2.05, 4.69) is 39.1 Å². The number of nitrogens with zero attached hydrogens (tertiary/aromatic N) is 4. The van der Waals surface area contributed by atoms with Gasteiger partial charge in [0.1, 0.15) is 0 Å². The van der Waals surface area contributed by atoms with Crippen LogP contribution in [0.15, 0.2) is 28.9 Å². The summed E-state index contributed by atoms with van der Waals surface area (Å²) in [6.45, 7) is 3.98. The molecule has 5 nitrogen and oxygen atoms in total. The number of aryl methyl sites for hydroxylation is 1. The largest absolute Gasteiger partial charge is 0.339 e. The average Bonchev–Trinajstić information content (AvgIpc) is 3.16. The molecule has 0 radical (unpaired) electrons. The first-order valence-electron chi connectivity index (χ1n) is 7.83. The number of unbranched alkanes of at least 4 members (excludes halogenated alkanes) is 1. The molecule has 5 heteroatoms. The molecule has 0 aromatic carbocycles. The van der Waals surface area contributed by atoms with Gasteiger partial charge in [0.25, 0.3) is 0 Å². The standard InChI is InChI=1S/C16H22N4O/c1-2-3-9-16-18-15(19-21-16)12-20-11-6-8-14(20)13-7-4-5-10-17-13/h4-5,7,10,14H,2-3,6,8-9,11-12H2,1H3/t14-/m1/s1. The molecule has 0 spiro atoms. The predicted octanol–water partition coefficient (Wildman–Crippen LogP) is 3.14. The van der Waals surface area contributed by atoms with Crippen molar-refractivity contribution in [2.45, 2.75) is 51.6 Å². The van der Waals surface area contributed by atoms with Crippen molar-refractivity contribution in [1.82, 2.24) is 20.0 Å². The van der Waals surface area contributed by atoms with Crippen molar-refractivity contribution in [3.05, 3.63) is 41.8 Å². The summed E-state index contributed by atoms with van der Waals surface area (Å²) in [6, 6.07) is 6.49. The second kappa shape index (κ2) is 6.80. The molecule has 1 fully saturated rings. The van der Waals surface area contributed by atoms with Crippen molar-refractivity contribution in [3.63, 3.8) is 0 Å². The lowest BCUT2D eigenvalue weighted by atomic mass is 10.1. The number of pyridine rings is 1. The van der Waals surface area contributed by atoms with E-state index >= 15 is 0 Å². The summed E-state index contributed by atoms with van der Waals surface area (Å²) in [5.74, 6) is 1.56. The molecule has 1 atom stereocenters. The Morgan fingerprint density at radius 2 is 2.33 bits per heavy atom. The Balaban J connectivity index is 1.65. The molecule has 0 saturated carbocycles. The molecule has 1 aliphatic heterocycles. The van der Waals surface area contributed by atoms with E-state index in [0.29, 0.717) is 6.04 Å². The Kier molecular flexibility index (Phi) is 4.60. The van der Waals surface area contributed by atoms with E-state index in [-0.39, 0.29) is 0 Å². The van der Waals surface area contributed by atoms with Crippen molar-refractivity contribution < 1.29 is 4.52 Å². The van der Waals surface area contributed by atoms with Crippen LogP contribution >= 0.6 is 0 Å². The van der Waals surface area contributed by atoms with Crippen molar-refractivity contribution in [1.29, 1.82) is 0 Å². The molecule has 3 rings (SSSR count). The van der Waals surface area contributed by atoms with Crippen LogP contribution in [0.25, 0.3) is 0 Å². The lowest BCUT2D eigenvalue weighted by Gasteiger charge is -2.22. The highest BCUT2D eigenvalue weighted by molar-refractivity contribution is 5.10. The average molecular weight is 286 g/mol. The van der Waals surface area contributed by atoms with Crippen molar-refractivity contribution in [3.8, 4) is 0 Å². The molecule has 0 amide bonds. The van der Waals surface area contributed by atoms with Gasteiger partial charge in [-0.05, 0) is 37.9 Å². The van der Waals surface area contributed by atoms with Gasteiger partial charge in [-0.3, -0.25) is 9.88 Å². The van der Waals surface area contributed by atoms with Crippen LogP contribution in [0.4, 0.5) is 0 Å². The number of hydrogen-bond acceptors (Lipinski definition) is 5. The fourth-order valence-electron chi connectivity index (χ4n) is 2.89. The zero-order valence-electron chi connectivity index (χ0n) is 12.5. The van der Waals surface area contributed by atoms with E-state index in [1.165, 1.54) is 6.42 Å². The summed E-state index contributed by atoms with van der Waals surface area (Å²) < 4.78 is 5.31. The van der Waals surface area contributed by atoms with Crippen molar-refractivity contribution >= 4 is 0 Å². The monoisotopic (exact) mass is 286 g/mol. The number of likely N-dealkylation sites (tertiary alicyclic amines) is 1. The highest BCUT2D eigenvalue weighted by atomic mass is 16.5. The van der Waals surface area contributed by atoms with E-state index in [1.807, 2.05) is 12.3 Å². The number of aromatic nitrogens is 3. The SMILES string of the molecule is CCCCc1nc(CN2CCC[C@@H]2c2ccccn2)no1.